The molecule has 0 bridgehead atoms. The van der Waals surface area contributed by atoms with E-state index in [-0.39, 0.29) is 0 Å². The number of allylic oxidation sites excluding steroid dienone is 6. The zero-order valence-electron chi connectivity index (χ0n) is 16.1. The number of anilines is 2. The lowest BCUT2D eigenvalue weighted by molar-refractivity contribution is 1.13. The zero-order valence-corrected chi connectivity index (χ0v) is 16.1. The molecule has 0 aliphatic heterocycles. The van der Waals surface area contributed by atoms with E-state index in [0.717, 1.165) is 0 Å². The van der Waals surface area contributed by atoms with Crippen LogP contribution in [0.4, 0.5) is 11.4 Å². The maximum Gasteiger partial charge on any atom is 0.0361 e. The van der Waals surface area contributed by atoms with Crippen LogP contribution in [0.3, 0.4) is 0 Å². The number of hydrogen-bond acceptors (Lipinski definition) is 2. The van der Waals surface area contributed by atoms with E-state index < -0.39 is 0 Å². The van der Waals surface area contributed by atoms with Crippen LogP contribution in [0.1, 0.15) is 11.1 Å². The van der Waals surface area contributed by atoms with Gasteiger partial charge in [0.15, 0.2) is 0 Å². The maximum absolute atomic E-state index is 2.12. The van der Waals surface area contributed by atoms with Gasteiger partial charge in [-0.1, -0.05) is 72.9 Å². The fourth-order valence-electron chi connectivity index (χ4n) is 2.36. The summed E-state index contributed by atoms with van der Waals surface area (Å²) in [6.45, 7) is 0. The second-order valence-electron chi connectivity index (χ2n) is 6.46. The van der Waals surface area contributed by atoms with Gasteiger partial charge in [-0.25, -0.2) is 0 Å². The molecule has 0 saturated carbocycles. The van der Waals surface area contributed by atoms with Crippen LogP contribution in [-0.2, 0) is 0 Å². The normalized spacial score (nSPS) is 12.0. The second kappa shape index (κ2) is 10.1. The van der Waals surface area contributed by atoms with Crippen LogP contribution in [0.5, 0.6) is 0 Å². The van der Waals surface area contributed by atoms with E-state index in [0.29, 0.717) is 0 Å². The monoisotopic (exact) mass is 344 g/mol. The Morgan fingerprint density at radius 2 is 0.769 bits per heavy atom. The molecule has 0 spiro atoms. The Hall–Kier alpha value is -3.00. The van der Waals surface area contributed by atoms with Crippen molar-refractivity contribution in [2.45, 2.75) is 0 Å². The Morgan fingerprint density at radius 3 is 1.08 bits per heavy atom. The molecule has 0 atom stereocenters. The van der Waals surface area contributed by atoms with Crippen LogP contribution in [0.25, 0.3) is 12.2 Å². The first kappa shape index (κ1) is 19.3. The van der Waals surface area contributed by atoms with Crippen LogP contribution in [-0.4, -0.2) is 28.2 Å². The summed E-state index contributed by atoms with van der Waals surface area (Å²) >= 11 is 0. The van der Waals surface area contributed by atoms with E-state index in [2.05, 4.69) is 82.6 Å². The van der Waals surface area contributed by atoms with Gasteiger partial charge in [-0.2, -0.15) is 0 Å². The minimum atomic E-state index is 1.20. The van der Waals surface area contributed by atoms with E-state index in [4.69, 9.17) is 0 Å². The van der Waals surface area contributed by atoms with Crippen molar-refractivity contribution in [1.29, 1.82) is 0 Å². The van der Waals surface area contributed by atoms with Crippen molar-refractivity contribution >= 4 is 23.5 Å². The summed E-state index contributed by atoms with van der Waals surface area (Å²) in [4.78, 5) is 4.20. The predicted octanol–water partition coefficient (Wildman–Crippen LogP) is 5.66. The molecule has 2 nitrogen and oxygen atoms in total. The molecule has 0 heterocycles. The van der Waals surface area contributed by atoms with Crippen molar-refractivity contribution in [2.24, 2.45) is 0 Å². The third-order valence-electron chi connectivity index (χ3n) is 3.95. The van der Waals surface area contributed by atoms with Crippen LogP contribution < -0.4 is 9.80 Å². The molecule has 134 valence electrons. The van der Waals surface area contributed by atoms with Gasteiger partial charge in [0.25, 0.3) is 0 Å². The summed E-state index contributed by atoms with van der Waals surface area (Å²) in [5.74, 6) is 0. The molecule has 0 fully saturated rings. The Labute approximate surface area is 158 Å². The van der Waals surface area contributed by atoms with Crippen LogP contribution >= 0.6 is 0 Å². The van der Waals surface area contributed by atoms with Gasteiger partial charge in [0.05, 0.1) is 0 Å². The smallest absolute Gasteiger partial charge is 0.0361 e. The summed E-state index contributed by atoms with van der Waals surface area (Å²) in [5, 5.41) is 0. The highest BCUT2D eigenvalue weighted by molar-refractivity contribution is 5.57. The van der Waals surface area contributed by atoms with Gasteiger partial charge in [-0.3, -0.25) is 0 Å². The van der Waals surface area contributed by atoms with Gasteiger partial charge >= 0.3 is 0 Å². The van der Waals surface area contributed by atoms with Gasteiger partial charge in [0, 0.05) is 39.6 Å². The van der Waals surface area contributed by atoms with E-state index in [9.17, 15) is 0 Å². The van der Waals surface area contributed by atoms with Gasteiger partial charge in [0.2, 0.25) is 0 Å². The molecular formula is C24H28N2. The quantitative estimate of drug-likeness (QED) is 0.598. The molecule has 2 aromatic rings. The highest BCUT2D eigenvalue weighted by atomic mass is 15.1. The van der Waals surface area contributed by atoms with Gasteiger partial charge in [-0.05, 0) is 35.4 Å². The third-order valence-corrected chi connectivity index (χ3v) is 3.95. The molecule has 26 heavy (non-hydrogen) atoms. The minimum absolute atomic E-state index is 1.20. The lowest BCUT2D eigenvalue weighted by Gasteiger charge is -2.11. The molecule has 0 unspecified atom stereocenters. The Bertz CT molecular complexity index is 704. The van der Waals surface area contributed by atoms with Crippen molar-refractivity contribution in [3.63, 3.8) is 0 Å². The first-order valence-electron chi connectivity index (χ1n) is 8.79. The molecule has 0 amide bonds. The van der Waals surface area contributed by atoms with Crippen molar-refractivity contribution in [3.05, 3.63) is 96.1 Å². The molecule has 0 radical (unpaired) electrons. The summed E-state index contributed by atoms with van der Waals surface area (Å²) < 4.78 is 0. The lowest BCUT2D eigenvalue weighted by atomic mass is 10.2. The maximum atomic E-state index is 2.12. The van der Waals surface area contributed by atoms with Crippen molar-refractivity contribution < 1.29 is 0 Å². The van der Waals surface area contributed by atoms with Crippen molar-refractivity contribution in [2.75, 3.05) is 38.0 Å². The van der Waals surface area contributed by atoms with Crippen LogP contribution in [0, 0.1) is 0 Å². The molecule has 2 heteroatoms. The van der Waals surface area contributed by atoms with Crippen molar-refractivity contribution in [1.82, 2.24) is 0 Å². The zero-order chi connectivity index (χ0) is 18.8. The van der Waals surface area contributed by atoms with Gasteiger partial charge in [0.1, 0.15) is 0 Å². The fraction of sp³-hybridized carbons (Fsp3) is 0.167. The standard InChI is InChI=1S/C24H28N2/c1-25(2)23-17-13-21(14-18-23)11-9-7-5-6-8-10-12-22-15-19-24(20-16-22)26(3)4/h5-20H,1-4H3/b7-5+,8-6+,11-9+,12-10+. The minimum Gasteiger partial charge on any atom is -0.378 e. The van der Waals surface area contributed by atoms with Gasteiger partial charge in [-0.15, -0.1) is 0 Å². The number of rotatable bonds is 7. The average molecular weight is 345 g/mol. The van der Waals surface area contributed by atoms with Gasteiger partial charge < -0.3 is 9.80 Å². The topological polar surface area (TPSA) is 6.48 Å². The first-order valence-corrected chi connectivity index (χ1v) is 8.79. The third kappa shape index (κ3) is 6.48. The molecule has 2 aromatic carbocycles. The summed E-state index contributed by atoms with van der Waals surface area (Å²) in [7, 11) is 8.20. The molecule has 0 N–H and O–H groups in total. The lowest BCUT2D eigenvalue weighted by Crippen LogP contribution is -2.07. The molecule has 0 aromatic heterocycles. The number of hydrogen-bond donors (Lipinski definition) is 0. The first-order chi connectivity index (χ1) is 12.6. The van der Waals surface area contributed by atoms with E-state index in [1.54, 1.807) is 0 Å². The molecular weight excluding hydrogens is 316 g/mol. The SMILES string of the molecule is CN(C)c1ccc(/C=C/C=C/C=C/C=C/c2ccc(N(C)C)cc2)cc1. The fourth-order valence-corrected chi connectivity index (χ4v) is 2.36. The Balaban J connectivity index is 1.80. The highest BCUT2D eigenvalue weighted by Crippen LogP contribution is 2.14. The van der Waals surface area contributed by atoms with Crippen LogP contribution in [0.15, 0.2) is 85.0 Å². The summed E-state index contributed by atoms with van der Waals surface area (Å²) in [5.41, 5.74) is 4.82. The number of nitrogens with zero attached hydrogens (tertiary/aromatic N) is 2. The largest absolute Gasteiger partial charge is 0.378 e. The van der Waals surface area contributed by atoms with E-state index in [1.807, 2.05) is 52.5 Å². The van der Waals surface area contributed by atoms with E-state index >= 15 is 0 Å². The summed E-state index contributed by atoms with van der Waals surface area (Å²) in [6, 6.07) is 17.0. The highest BCUT2D eigenvalue weighted by Gasteiger charge is 1.93. The Morgan fingerprint density at radius 1 is 0.462 bits per heavy atom. The molecule has 0 aliphatic carbocycles. The van der Waals surface area contributed by atoms with Crippen LogP contribution in [0.2, 0.25) is 0 Å². The molecule has 2 rings (SSSR count). The second-order valence-corrected chi connectivity index (χ2v) is 6.46. The molecule has 0 saturated heterocycles. The van der Waals surface area contributed by atoms with E-state index in [1.165, 1.54) is 22.5 Å². The Kier molecular flexibility index (Phi) is 7.50. The predicted molar refractivity (Wildman–Crippen MR) is 118 cm³/mol. The number of benzene rings is 2. The summed E-state index contributed by atoms with van der Waals surface area (Å²) in [6.07, 6.45) is 16.5. The van der Waals surface area contributed by atoms with Crippen molar-refractivity contribution in [3.8, 4) is 0 Å². The molecule has 0 aliphatic rings. The average Bonchev–Trinajstić information content (AvgIpc) is 2.64.